The summed E-state index contributed by atoms with van der Waals surface area (Å²) in [4.78, 5) is 2.46. The van der Waals surface area contributed by atoms with Gasteiger partial charge in [-0.05, 0) is 109 Å². The standard InChI is InChI=1S/C57H37NO/c1-2-16-41(17-3-1)57(52-26-11-8-22-47(52)48-23-9-12-27-53(48)57)42-18-14-19-44(37-42)58(54-36-40-15-4-5-20-45(40)46-21-6-7-24-49(46)54)43-32-29-38(30-33-43)39-31-34-56-51(35-39)50-25-10-13-28-55(50)59-56/h1-37H. The van der Waals surface area contributed by atoms with Crippen LogP contribution < -0.4 is 4.90 Å². The molecule has 0 radical (unpaired) electrons. The lowest BCUT2D eigenvalue weighted by atomic mass is 9.67. The summed E-state index contributed by atoms with van der Waals surface area (Å²) in [6, 6.07) is 82.0. The number of furan rings is 1. The number of anilines is 3. The molecule has 276 valence electrons. The number of hydrogen-bond donors (Lipinski definition) is 0. The van der Waals surface area contributed by atoms with Crippen molar-refractivity contribution in [3.05, 3.63) is 247 Å². The summed E-state index contributed by atoms with van der Waals surface area (Å²) < 4.78 is 6.17. The van der Waals surface area contributed by atoms with E-state index < -0.39 is 5.41 Å². The first kappa shape index (κ1) is 33.5. The van der Waals surface area contributed by atoms with Crippen LogP contribution in [-0.2, 0) is 5.41 Å². The fraction of sp³-hybridized carbons (Fsp3) is 0.0175. The number of rotatable bonds is 6. The molecule has 0 N–H and O–H groups in total. The summed E-state index contributed by atoms with van der Waals surface area (Å²) in [5.74, 6) is 0. The molecule has 2 heteroatoms. The maximum absolute atomic E-state index is 6.17. The predicted molar refractivity (Wildman–Crippen MR) is 246 cm³/mol. The smallest absolute Gasteiger partial charge is 0.135 e. The molecule has 11 aromatic rings. The minimum atomic E-state index is -0.513. The molecule has 1 aromatic heterocycles. The Balaban J connectivity index is 1.09. The molecule has 0 unspecified atom stereocenters. The van der Waals surface area contributed by atoms with E-state index in [2.05, 4.69) is 217 Å². The highest BCUT2D eigenvalue weighted by Gasteiger charge is 2.46. The van der Waals surface area contributed by atoms with Gasteiger partial charge in [-0.25, -0.2) is 0 Å². The lowest BCUT2D eigenvalue weighted by Crippen LogP contribution is -2.28. The van der Waals surface area contributed by atoms with Gasteiger partial charge in [0.15, 0.2) is 0 Å². The average Bonchev–Trinajstić information content (AvgIpc) is 3.83. The van der Waals surface area contributed by atoms with Crippen molar-refractivity contribution in [2.45, 2.75) is 5.41 Å². The van der Waals surface area contributed by atoms with E-state index in [1.54, 1.807) is 0 Å². The largest absolute Gasteiger partial charge is 0.456 e. The van der Waals surface area contributed by atoms with Gasteiger partial charge < -0.3 is 9.32 Å². The van der Waals surface area contributed by atoms with Crippen molar-refractivity contribution in [3.8, 4) is 22.3 Å². The van der Waals surface area contributed by atoms with Gasteiger partial charge in [-0.15, -0.1) is 0 Å². The van der Waals surface area contributed by atoms with Gasteiger partial charge in [-0.3, -0.25) is 0 Å². The molecule has 0 atom stereocenters. The van der Waals surface area contributed by atoms with Crippen LogP contribution in [0.15, 0.2) is 229 Å². The molecular formula is C57H37NO. The zero-order valence-corrected chi connectivity index (χ0v) is 32.2. The van der Waals surface area contributed by atoms with Crippen LogP contribution in [0.4, 0.5) is 17.1 Å². The highest BCUT2D eigenvalue weighted by molar-refractivity contribution is 6.14. The number of nitrogens with zero attached hydrogens (tertiary/aromatic N) is 1. The van der Waals surface area contributed by atoms with Crippen molar-refractivity contribution in [2.24, 2.45) is 0 Å². The zero-order valence-electron chi connectivity index (χ0n) is 32.2. The minimum Gasteiger partial charge on any atom is -0.456 e. The molecule has 1 aliphatic carbocycles. The van der Waals surface area contributed by atoms with Gasteiger partial charge in [-0.2, -0.15) is 0 Å². The van der Waals surface area contributed by atoms with Gasteiger partial charge >= 0.3 is 0 Å². The molecule has 0 aliphatic heterocycles. The second-order valence-electron chi connectivity index (χ2n) is 15.6. The minimum absolute atomic E-state index is 0.513. The van der Waals surface area contributed by atoms with Gasteiger partial charge in [0.2, 0.25) is 0 Å². The molecule has 1 heterocycles. The molecule has 12 rings (SSSR count). The molecule has 59 heavy (non-hydrogen) atoms. The van der Waals surface area contributed by atoms with Crippen LogP contribution >= 0.6 is 0 Å². The maximum atomic E-state index is 6.17. The van der Waals surface area contributed by atoms with Gasteiger partial charge in [0.05, 0.1) is 11.1 Å². The lowest BCUT2D eigenvalue weighted by molar-refractivity contribution is 0.669. The monoisotopic (exact) mass is 751 g/mol. The molecule has 1 aliphatic rings. The highest BCUT2D eigenvalue weighted by Crippen LogP contribution is 2.56. The molecule has 10 aromatic carbocycles. The number of fused-ring (bicyclic) bond motifs is 9. The van der Waals surface area contributed by atoms with Gasteiger partial charge in [0.1, 0.15) is 11.2 Å². The van der Waals surface area contributed by atoms with Gasteiger partial charge in [-0.1, -0.05) is 176 Å². The Morgan fingerprint density at radius 2 is 0.932 bits per heavy atom. The first-order valence-electron chi connectivity index (χ1n) is 20.3. The Labute approximate surface area is 342 Å². The fourth-order valence-electron chi connectivity index (χ4n) is 9.95. The Hall–Kier alpha value is -7.68. The Morgan fingerprint density at radius 3 is 1.71 bits per heavy atom. The van der Waals surface area contributed by atoms with Crippen molar-refractivity contribution in [3.63, 3.8) is 0 Å². The summed E-state index contributed by atoms with van der Waals surface area (Å²) in [6.07, 6.45) is 0. The van der Waals surface area contributed by atoms with Crippen molar-refractivity contribution in [1.82, 2.24) is 0 Å². The van der Waals surface area contributed by atoms with Crippen molar-refractivity contribution >= 4 is 60.5 Å². The van der Waals surface area contributed by atoms with Crippen LogP contribution in [0.3, 0.4) is 0 Å². The third-order valence-corrected chi connectivity index (χ3v) is 12.5. The first-order valence-corrected chi connectivity index (χ1v) is 20.3. The molecule has 0 spiro atoms. The highest BCUT2D eigenvalue weighted by atomic mass is 16.3. The average molecular weight is 752 g/mol. The quantitative estimate of drug-likeness (QED) is 0.157. The molecule has 0 saturated heterocycles. The Bertz CT molecular complexity index is 3350. The van der Waals surface area contributed by atoms with E-state index in [1.807, 2.05) is 12.1 Å². The lowest BCUT2D eigenvalue weighted by Gasteiger charge is -2.35. The third kappa shape index (κ3) is 5.06. The van der Waals surface area contributed by atoms with E-state index in [0.29, 0.717) is 0 Å². The third-order valence-electron chi connectivity index (χ3n) is 12.5. The Kier molecular flexibility index (Phi) is 7.48. The maximum Gasteiger partial charge on any atom is 0.135 e. The summed E-state index contributed by atoms with van der Waals surface area (Å²) >= 11 is 0. The zero-order chi connectivity index (χ0) is 38.9. The molecule has 0 saturated carbocycles. The molecule has 0 amide bonds. The van der Waals surface area contributed by atoms with E-state index in [-0.39, 0.29) is 0 Å². The number of benzene rings is 10. The molecular weight excluding hydrogens is 715 g/mol. The van der Waals surface area contributed by atoms with Crippen LogP contribution in [0.1, 0.15) is 22.3 Å². The van der Waals surface area contributed by atoms with Crippen molar-refractivity contribution < 1.29 is 4.42 Å². The summed E-state index contributed by atoms with van der Waals surface area (Å²) in [5.41, 5.74) is 14.6. The van der Waals surface area contributed by atoms with E-state index in [4.69, 9.17) is 4.42 Å². The van der Waals surface area contributed by atoms with Crippen LogP contribution in [0.2, 0.25) is 0 Å². The van der Waals surface area contributed by atoms with Crippen molar-refractivity contribution in [1.29, 1.82) is 0 Å². The van der Waals surface area contributed by atoms with Crippen molar-refractivity contribution in [2.75, 3.05) is 4.90 Å². The van der Waals surface area contributed by atoms with Crippen LogP contribution in [0.5, 0.6) is 0 Å². The fourth-order valence-corrected chi connectivity index (χ4v) is 9.95. The van der Waals surface area contributed by atoms with E-state index >= 15 is 0 Å². The molecule has 0 bridgehead atoms. The number of para-hydroxylation sites is 1. The SMILES string of the molecule is c1ccc(C2(c3cccc(N(c4ccc(-c5ccc6oc7ccccc7c6c5)cc4)c4cc5ccccc5c5ccccc45)c3)c3ccccc3-c3ccccc32)cc1. The molecule has 0 fully saturated rings. The summed E-state index contributed by atoms with van der Waals surface area (Å²) in [5, 5.41) is 7.16. The van der Waals surface area contributed by atoms with Gasteiger partial charge in [0.25, 0.3) is 0 Å². The molecule has 2 nitrogen and oxygen atoms in total. The van der Waals surface area contributed by atoms with Crippen LogP contribution in [-0.4, -0.2) is 0 Å². The summed E-state index contributed by atoms with van der Waals surface area (Å²) in [6.45, 7) is 0. The number of hydrogen-bond acceptors (Lipinski definition) is 2. The Morgan fingerprint density at radius 1 is 0.339 bits per heavy atom. The van der Waals surface area contributed by atoms with E-state index in [1.165, 1.54) is 54.9 Å². The normalized spacial score (nSPS) is 12.9. The van der Waals surface area contributed by atoms with E-state index in [0.717, 1.165) is 50.1 Å². The van der Waals surface area contributed by atoms with Gasteiger partial charge in [0, 0.05) is 27.5 Å². The predicted octanol–water partition coefficient (Wildman–Crippen LogP) is 15.4. The second kappa shape index (κ2) is 13.2. The first-order chi connectivity index (χ1) is 29.3. The van der Waals surface area contributed by atoms with E-state index in [9.17, 15) is 0 Å². The second-order valence-corrected chi connectivity index (χ2v) is 15.6. The van der Waals surface area contributed by atoms with Crippen LogP contribution in [0, 0.1) is 0 Å². The summed E-state index contributed by atoms with van der Waals surface area (Å²) in [7, 11) is 0. The van der Waals surface area contributed by atoms with Crippen LogP contribution in [0.25, 0.3) is 65.7 Å². The topological polar surface area (TPSA) is 16.4 Å².